The van der Waals surface area contributed by atoms with Crippen LogP contribution in [0.25, 0.3) is 0 Å². The van der Waals surface area contributed by atoms with Gasteiger partial charge in [-0.15, -0.1) is 10.2 Å². The highest BCUT2D eigenvalue weighted by Gasteiger charge is 2.45. The zero-order valence-corrected chi connectivity index (χ0v) is 24.5. The number of aromatic nitrogens is 4. The predicted molar refractivity (Wildman–Crippen MR) is 143 cm³/mol. The fraction of sp³-hybridized carbons (Fsp3) is 0.440. The number of aryl methyl sites for hydroxylation is 1. The van der Waals surface area contributed by atoms with Gasteiger partial charge in [0.1, 0.15) is 6.04 Å². The number of halogens is 10. The molecule has 2 heterocycles. The first-order valence-corrected chi connectivity index (χ1v) is 13.7. The quantitative estimate of drug-likeness (QED) is 0.159. The van der Waals surface area contributed by atoms with E-state index in [0.29, 0.717) is 24.3 Å². The normalized spacial score (nSPS) is 17.5. The fourth-order valence-corrected chi connectivity index (χ4v) is 5.28. The van der Waals surface area contributed by atoms with Gasteiger partial charge in [0, 0.05) is 10.5 Å². The van der Waals surface area contributed by atoms with Crippen LogP contribution in [0.15, 0.2) is 36.4 Å². The minimum atomic E-state index is -5.21. The Balaban J connectivity index is 2.07. The van der Waals surface area contributed by atoms with Crippen molar-refractivity contribution in [1.29, 1.82) is 0 Å². The van der Waals surface area contributed by atoms with E-state index >= 15 is 0 Å². The van der Waals surface area contributed by atoms with Crippen molar-refractivity contribution in [3.05, 3.63) is 64.5 Å². The Morgan fingerprint density at radius 3 is 2.00 bits per heavy atom. The number of anilines is 2. The predicted octanol–water partition coefficient (Wildman–Crippen LogP) is 7.03. The summed E-state index contributed by atoms with van der Waals surface area (Å²) in [5, 5.41) is 11.5. The molecule has 0 bridgehead atoms. The molecule has 1 aromatic heterocycles. The highest BCUT2D eigenvalue weighted by Crippen LogP contribution is 2.47. The summed E-state index contributed by atoms with van der Waals surface area (Å²) in [5.41, 5.74) is -5.49. The van der Waals surface area contributed by atoms with Crippen molar-refractivity contribution in [2.45, 2.75) is 48.4 Å². The molecule has 2 unspecified atom stereocenters. The van der Waals surface area contributed by atoms with Crippen LogP contribution >= 0.6 is 22.6 Å². The number of alkyl halides is 10. The molecule has 1 aliphatic heterocycles. The molecule has 0 aliphatic carbocycles. The Labute approximate surface area is 251 Å². The maximum absolute atomic E-state index is 13.9. The molecule has 0 spiro atoms. The molecule has 43 heavy (non-hydrogen) atoms. The second-order valence-corrected chi connectivity index (χ2v) is 11.5. The van der Waals surface area contributed by atoms with Crippen LogP contribution in [0.1, 0.15) is 48.0 Å². The molecule has 0 saturated heterocycles. The zero-order valence-electron chi connectivity index (χ0n) is 22.4. The standard InChI is InChI=1S/C25H22F9IN6O2/c1-4-43-22(42)41-17-6-5-14(23(26,27)28)10-18(17)40(11-19(41)12(2)35)20(21-36-38-39(3)37-21)13-7-15(24(29,30)31)9-16(8-13)25(32,33)34/h5-10,12,19-20H,4,11H2,1-3H3/t12?,19-,20?/m1/s1. The highest BCUT2D eigenvalue weighted by atomic mass is 127. The average Bonchev–Trinajstić information content (AvgIpc) is 3.32. The van der Waals surface area contributed by atoms with E-state index in [0.717, 1.165) is 20.7 Å². The summed E-state index contributed by atoms with van der Waals surface area (Å²) in [7, 11) is 1.30. The number of benzene rings is 2. The maximum atomic E-state index is 13.9. The second-order valence-electron chi connectivity index (χ2n) is 9.55. The summed E-state index contributed by atoms with van der Waals surface area (Å²) in [5.74, 6) is -0.386. The van der Waals surface area contributed by atoms with Crippen molar-refractivity contribution < 1.29 is 49.0 Å². The molecule has 4 rings (SSSR count). The minimum absolute atomic E-state index is 0.0607. The number of ether oxygens (including phenoxy) is 1. The number of hydrogen-bond donors (Lipinski definition) is 0. The lowest BCUT2D eigenvalue weighted by molar-refractivity contribution is -0.143. The van der Waals surface area contributed by atoms with Crippen LogP contribution in [0.4, 0.5) is 55.7 Å². The van der Waals surface area contributed by atoms with Gasteiger partial charge in [0.15, 0.2) is 0 Å². The maximum Gasteiger partial charge on any atom is 0.416 e. The topological polar surface area (TPSA) is 76.4 Å². The number of tetrazole rings is 1. The summed E-state index contributed by atoms with van der Waals surface area (Å²) >= 11 is 1.95. The first-order chi connectivity index (χ1) is 19.8. The van der Waals surface area contributed by atoms with E-state index in [2.05, 4.69) is 15.4 Å². The lowest BCUT2D eigenvalue weighted by Crippen LogP contribution is -2.56. The first-order valence-electron chi connectivity index (χ1n) is 12.4. The molecule has 18 heteroatoms. The van der Waals surface area contributed by atoms with Gasteiger partial charge >= 0.3 is 24.6 Å². The number of rotatable bonds is 5. The first kappa shape index (κ1) is 32.6. The zero-order chi connectivity index (χ0) is 32.1. The molecule has 0 radical (unpaired) electrons. The molecule has 8 nitrogen and oxygen atoms in total. The van der Waals surface area contributed by atoms with Gasteiger partial charge < -0.3 is 9.64 Å². The van der Waals surface area contributed by atoms with E-state index in [-0.39, 0.29) is 36.4 Å². The molecule has 0 N–H and O–H groups in total. The largest absolute Gasteiger partial charge is 0.449 e. The molecule has 3 aromatic rings. The molecule has 3 atom stereocenters. The van der Waals surface area contributed by atoms with E-state index < -0.39 is 62.9 Å². The molecule has 1 amide bonds. The Morgan fingerprint density at radius 2 is 1.53 bits per heavy atom. The Kier molecular flexibility index (Phi) is 8.82. The summed E-state index contributed by atoms with van der Waals surface area (Å²) in [6.07, 6.45) is -16.2. The van der Waals surface area contributed by atoms with E-state index in [4.69, 9.17) is 4.74 Å². The van der Waals surface area contributed by atoms with Crippen molar-refractivity contribution >= 4 is 40.1 Å². The summed E-state index contributed by atoms with van der Waals surface area (Å²) in [4.78, 5) is 16.2. The van der Waals surface area contributed by atoms with E-state index in [1.54, 1.807) is 6.92 Å². The van der Waals surface area contributed by atoms with Gasteiger partial charge in [0.25, 0.3) is 0 Å². The van der Waals surface area contributed by atoms with Crippen molar-refractivity contribution in [2.75, 3.05) is 23.0 Å². The molecule has 234 valence electrons. The van der Waals surface area contributed by atoms with E-state index in [1.165, 1.54) is 14.0 Å². The van der Waals surface area contributed by atoms with Crippen LogP contribution < -0.4 is 9.80 Å². The number of carbonyl (C=O) groups excluding carboxylic acids is 1. The number of amides is 1. The molecule has 1 aliphatic rings. The van der Waals surface area contributed by atoms with Gasteiger partial charge in [0.2, 0.25) is 5.82 Å². The van der Waals surface area contributed by atoms with Crippen molar-refractivity contribution in [2.24, 2.45) is 7.05 Å². The monoisotopic (exact) mass is 736 g/mol. The smallest absolute Gasteiger partial charge is 0.416 e. The van der Waals surface area contributed by atoms with Gasteiger partial charge in [-0.05, 0) is 54.1 Å². The van der Waals surface area contributed by atoms with Crippen LogP contribution in [-0.4, -0.2) is 49.4 Å². The number of carbonyl (C=O) groups is 1. The highest BCUT2D eigenvalue weighted by molar-refractivity contribution is 14.1. The third kappa shape index (κ3) is 6.77. The number of fused-ring (bicyclic) bond motifs is 1. The van der Waals surface area contributed by atoms with Gasteiger partial charge in [-0.25, -0.2) is 4.79 Å². The SMILES string of the molecule is CCOC(=O)N1c2ccc(C(F)(F)F)cc2N(C(c2cc(C(F)(F)F)cc(C(F)(F)F)c2)c2nnn(C)n2)C[C@@H]1C(C)I. The third-order valence-corrected chi connectivity index (χ3v) is 7.42. The van der Waals surface area contributed by atoms with Gasteiger partial charge in [-0.2, -0.15) is 44.3 Å². The van der Waals surface area contributed by atoms with Crippen molar-refractivity contribution in [1.82, 2.24) is 20.2 Å². The molecule has 2 aromatic carbocycles. The van der Waals surface area contributed by atoms with Crippen molar-refractivity contribution in [3.8, 4) is 0 Å². The summed E-state index contributed by atoms with van der Waals surface area (Å²) < 4.78 is 129. The van der Waals surface area contributed by atoms with Crippen LogP contribution in [0.2, 0.25) is 0 Å². The van der Waals surface area contributed by atoms with E-state index in [9.17, 15) is 44.3 Å². The minimum Gasteiger partial charge on any atom is -0.449 e. The summed E-state index contributed by atoms with van der Waals surface area (Å²) in [6, 6.07) is 0.684. The Morgan fingerprint density at radius 1 is 0.953 bits per heavy atom. The van der Waals surface area contributed by atoms with Crippen LogP contribution in [0.5, 0.6) is 0 Å². The second kappa shape index (κ2) is 11.6. The van der Waals surface area contributed by atoms with Gasteiger partial charge in [-0.1, -0.05) is 29.5 Å². The molecular formula is C25H22F9IN6O2. The van der Waals surface area contributed by atoms with Crippen LogP contribution in [0, 0.1) is 0 Å². The molecular weight excluding hydrogens is 714 g/mol. The van der Waals surface area contributed by atoms with Crippen LogP contribution in [0.3, 0.4) is 0 Å². The number of hydrogen-bond acceptors (Lipinski definition) is 6. The number of nitrogens with zero attached hydrogens (tertiary/aromatic N) is 6. The van der Waals surface area contributed by atoms with Crippen molar-refractivity contribution in [3.63, 3.8) is 0 Å². The van der Waals surface area contributed by atoms with E-state index in [1.807, 2.05) is 22.6 Å². The Hall–Kier alpha value is -3.32. The van der Waals surface area contributed by atoms with Gasteiger partial charge in [-0.3, -0.25) is 4.90 Å². The average molecular weight is 736 g/mol. The van der Waals surface area contributed by atoms with Gasteiger partial charge in [0.05, 0.1) is 47.8 Å². The Bertz CT molecular complexity index is 1460. The van der Waals surface area contributed by atoms with Crippen LogP contribution in [-0.2, 0) is 30.3 Å². The molecule has 0 saturated carbocycles. The fourth-order valence-electron chi connectivity index (χ4n) is 4.73. The lowest BCUT2D eigenvalue weighted by atomic mass is 9.94. The lowest BCUT2D eigenvalue weighted by Gasteiger charge is -2.46. The third-order valence-electron chi connectivity index (χ3n) is 6.59. The summed E-state index contributed by atoms with van der Waals surface area (Å²) in [6.45, 7) is 2.77. The molecule has 0 fully saturated rings.